The zero-order valence-electron chi connectivity index (χ0n) is 14.7. The molecule has 0 radical (unpaired) electrons. The van der Waals surface area contributed by atoms with Crippen molar-refractivity contribution in [3.05, 3.63) is 35.6 Å². The van der Waals surface area contributed by atoms with Gasteiger partial charge in [-0.3, -0.25) is 9.69 Å². The number of rotatable bonds is 4. The van der Waals surface area contributed by atoms with E-state index < -0.39 is 0 Å². The Labute approximate surface area is 148 Å². The van der Waals surface area contributed by atoms with Gasteiger partial charge in [0.15, 0.2) is 0 Å². The predicted molar refractivity (Wildman–Crippen MR) is 93.8 cm³/mol. The second-order valence-electron chi connectivity index (χ2n) is 7.71. The monoisotopic (exact) mass is 346 g/mol. The van der Waals surface area contributed by atoms with Crippen LogP contribution in [0.4, 0.5) is 4.39 Å². The summed E-state index contributed by atoms with van der Waals surface area (Å²) >= 11 is 0. The van der Waals surface area contributed by atoms with Crippen LogP contribution in [0.25, 0.3) is 0 Å². The Morgan fingerprint density at radius 2 is 2.08 bits per heavy atom. The third kappa shape index (κ3) is 4.04. The van der Waals surface area contributed by atoms with Crippen molar-refractivity contribution in [3.63, 3.8) is 0 Å². The Morgan fingerprint density at radius 1 is 1.24 bits per heavy atom. The number of halogens is 1. The van der Waals surface area contributed by atoms with Gasteiger partial charge in [-0.15, -0.1) is 0 Å². The first-order chi connectivity index (χ1) is 12.2. The molecule has 3 atom stereocenters. The first kappa shape index (κ1) is 17.0. The topological polar surface area (TPSA) is 32.8 Å². The number of likely N-dealkylation sites (tertiary alicyclic amines) is 1. The Hall–Kier alpha value is -1.46. The molecule has 0 spiro atoms. The van der Waals surface area contributed by atoms with Gasteiger partial charge in [0.1, 0.15) is 5.82 Å². The summed E-state index contributed by atoms with van der Waals surface area (Å²) in [4.78, 5) is 17.4. The SMILES string of the molecule is O=C([C@@H]1C[C@@H]1c1cccc(F)c1)N1CCC[C@@H](CN2CCOCC2)C1. The number of nitrogens with zero attached hydrogens (tertiary/aromatic N) is 2. The van der Waals surface area contributed by atoms with Crippen molar-refractivity contribution in [2.75, 3.05) is 45.9 Å². The lowest BCUT2D eigenvalue weighted by molar-refractivity contribution is -0.134. The molecule has 25 heavy (non-hydrogen) atoms. The summed E-state index contributed by atoms with van der Waals surface area (Å²) in [5.41, 5.74) is 0.972. The Morgan fingerprint density at radius 3 is 2.88 bits per heavy atom. The lowest BCUT2D eigenvalue weighted by Crippen LogP contribution is -2.46. The van der Waals surface area contributed by atoms with E-state index in [1.165, 1.54) is 12.5 Å². The van der Waals surface area contributed by atoms with Crippen LogP contribution in [0.1, 0.15) is 30.7 Å². The highest BCUT2D eigenvalue weighted by Crippen LogP contribution is 2.48. The van der Waals surface area contributed by atoms with Crippen molar-refractivity contribution in [2.45, 2.75) is 25.2 Å². The van der Waals surface area contributed by atoms with Crippen molar-refractivity contribution < 1.29 is 13.9 Å². The standard InChI is InChI=1S/C20H27FN2O2/c21-17-5-1-4-16(11-17)18-12-19(18)20(24)23-6-2-3-15(14-23)13-22-7-9-25-10-8-22/h1,4-5,11,15,18-19H,2-3,6-10,12-14H2/t15-,18+,19+/m0/s1. The summed E-state index contributed by atoms with van der Waals surface area (Å²) in [7, 11) is 0. The minimum Gasteiger partial charge on any atom is -0.379 e. The van der Waals surface area contributed by atoms with Gasteiger partial charge in [0.05, 0.1) is 13.2 Å². The molecule has 1 saturated carbocycles. The molecule has 4 nitrogen and oxygen atoms in total. The van der Waals surface area contributed by atoms with Crippen LogP contribution >= 0.6 is 0 Å². The zero-order chi connectivity index (χ0) is 17.2. The van der Waals surface area contributed by atoms with Gasteiger partial charge in [0.25, 0.3) is 0 Å². The molecule has 2 aliphatic heterocycles. The highest BCUT2D eigenvalue weighted by Gasteiger charge is 2.46. The molecule has 1 aromatic rings. The molecule has 4 rings (SSSR count). The predicted octanol–water partition coefficient (Wildman–Crippen LogP) is 2.50. The first-order valence-corrected chi connectivity index (χ1v) is 9.55. The van der Waals surface area contributed by atoms with Crippen molar-refractivity contribution in [1.29, 1.82) is 0 Å². The van der Waals surface area contributed by atoms with Crippen molar-refractivity contribution >= 4 is 5.91 Å². The minimum absolute atomic E-state index is 0.0592. The fraction of sp³-hybridized carbons (Fsp3) is 0.650. The van der Waals surface area contributed by atoms with Gasteiger partial charge in [-0.25, -0.2) is 4.39 Å². The average molecular weight is 346 g/mol. The number of hydrogen-bond donors (Lipinski definition) is 0. The van der Waals surface area contributed by atoms with Gasteiger partial charge >= 0.3 is 0 Å². The second-order valence-corrected chi connectivity index (χ2v) is 7.71. The van der Waals surface area contributed by atoms with E-state index in [0.29, 0.717) is 5.92 Å². The molecule has 1 aromatic carbocycles. The average Bonchev–Trinajstić information content (AvgIpc) is 3.43. The zero-order valence-corrected chi connectivity index (χ0v) is 14.7. The van der Waals surface area contributed by atoms with E-state index in [1.54, 1.807) is 12.1 Å². The number of piperidine rings is 1. The number of carbonyl (C=O) groups is 1. The Bertz CT molecular complexity index is 617. The smallest absolute Gasteiger partial charge is 0.226 e. The third-order valence-corrected chi connectivity index (χ3v) is 5.84. The summed E-state index contributed by atoms with van der Waals surface area (Å²) in [6.07, 6.45) is 3.17. The normalized spacial score (nSPS) is 30.3. The van der Waals surface area contributed by atoms with Crippen LogP contribution in [0, 0.1) is 17.7 Å². The number of amides is 1. The van der Waals surface area contributed by atoms with E-state index >= 15 is 0 Å². The van der Waals surface area contributed by atoms with E-state index in [0.717, 1.165) is 64.3 Å². The molecule has 1 aliphatic carbocycles. The number of carbonyl (C=O) groups excluding carboxylic acids is 1. The van der Waals surface area contributed by atoms with Gasteiger partial charge in [-0.2, -0.15) is 0 Å². The molecule has 0 aromatic heterocycles. The highest BCUT2D eigenvalue weighted by molar-refractivity contribution is 5.83. The van der Waals surface area contributed by atoms with Crippen LogP contribution in [0.2, 0.25) is 0 Å². The van der Waals surface area contributed by atoms with Crippen LogP contribution in [-0.4, -0.2) is 61.6 Å². The molecule has 2 saturated heterocycles. The number of ether oxygens (including phenoxy) is 1. The van der Waals surface area contributed by atoms with Gasteiger partial charge in [-0.1, -0.05) is 12.1 Å². The van der Waals surface area contributed by atoms with Crippen LogP contribution < -0.4 is 0 Å². The van der Waals surface area contributed by atoms with Crippen molar-refractivity contribution in [2.24, 2.45) is 11.8 Å². The molecule has 1 amide bonds. The lowest BCUT2D eigenvalue weighted by Gasteiger charge is -2.37. The van der Waals surface area contributed by atoms with Crippen LogP contribution in [0.5, 0.6) is 0 Å². The Kier molecular flexibility index (Phi) is 5.04. The number of hydrogen-bond acceptors (Lipinski definition) is 3. The maximum absolute atomic E-state index is 13.4. The van der Waals surface area contributed by atoms with Crippen LogP contribution in [0.15, 0.2) is 24.3 Å². The van der Waals surface area contributed by atoms with Crippen LogP contribution in [0.3, 0.4) is 0 Å². The quantitative estimate of drug-likeness (QED) is 0.840. The maximum Gasteiger partial charge on any atom is 0.226 e. The van der Waals surface area contributed by atoms with Gasteiger partial charge in [0, 0.05) is 38.6 Å². The minimum atomic E-state index is -0.209. The summed E-state index contributed by atoms with van der Waals surface area (Å²) in [6, 6.07) is 6.72. The van der Waals surface area contributed by atoms with Gasteiger partial charge < -0.3 is 9.64 Å². The fourth-order valence-electron chi connectivity index (χ4n) is 4.37. The van der Waals surface area contributed by atoms with Gasteiger partial charge in [0.2, 0.25) is 5.91 Å². The molecule has 3 aliphatic rings. The summed E-state index contributed by atoms with van der Waals surface area (Å²) in [6.45, 7) is 6.50. The third-order valence-electron chi connectivity index (χ3n) is 5.84. The first-order valence-electron chi connectivity index (χ1n) is 9.55. The molecular weight excluding hydrogens is 319 g/mol. The summed E-state index contributed by atoms with van der Waals surface area (Å²) in [5, 5.41) is 0. The molecule has 2 heterocycles. The number of benzene rings is 1. The van der Waals surface area contributed by atoms with E-state index in [1.807, 2.05) is 6.07 Å². The molecule has 3 fully saturated rings. The largest absolute Gasteiger partial charge is 0.379 e. The molecule has 0 bridgehead atoms. The molecular formula is C20H27FN2O2. The highest BCUT2D eigenvalue weighted by atomic mass is 19.1. The summed E-state index contributed by atoms with van der Waals surface area (Å²) in [5.74, 6) is 0.911. The summed E-state index contributed by atoms with van der Waals surface area (Å²) < 4.78 is 18.8. The molecule has 0 N–H and O–H groups in total. The molecule has 0 unspecified atom stereocenters. The maximum atomic E-state index is 13.4. The molecule has 5 heteroatoms. The van der Waals surface area contributed by atoms with E-state index in [-0.39, 0.29) is 23.6 Å². The lowest BCUT2D eigenvalue weighted by atomic mass is 9.96. The van der Waals surface area contributed by atoms with Crippen molar-refractivity contribution in [3.8, 4) is 0 Å². The van der Waals surface area contributed by atoms with Crippen molar-refractivity contribution in [1.82, 2.24) is 9.80 Å². The Balaban J connectivity index is 1.31. The number of morpholine rings is 1. The molecule has 136 valence electrons. The van der Waals surface area contributed by atoms with E-state index in [4.69, 9.17) is 4.74 Å². The van der Waals surface area contributed by atoms with E-state index in [9.17, 15) is 9.18 Å². The van der Waals surface area contributed by atoms with E-state index in [2.05, 4.69) is 9.80 Å². The fourth-order valence-corrected chi connectivity index (χ4v) is 4.37. The van der Waals surface area contributed by atoms with Crippen LogP contribution in [-0.2, 0) is 9.53 Å². The second kappa shape index (κ2) is 7.42. The van der Waals surface area contributed by atoms with Gasteiger partial charge in [-0.05, 0) is 48.8 Å².